The van der Waals surface area contributed by atoms with Gasteiger partial charge in [-0.3, -0.25) is 4.79 Å². The van der Waals surface area contributed by atoms with Crippen molar-refractivity contribution in [2.75, 3.05) is 38.0 Å². The Morgan fingerprint density at radius 2 is 1.96 bits per heavy atom. The van der Waals surface area contributed by atoms with Gasteiger partial charge in [-0.2, -0.15) is 0 Å². The van der Waals surface area contributed by atoms with E-state index in [4.69, 9.17) is 0 Å². The monoisotopic (exact) mass is 317 g/mol. The predicted molar refractivity (Wildman–Crippen MR) is 90.5 cm³/mol. The number of rotatable bonds is 4. The fraction of sp³-hybridized carbons (Fsp3) is 0.706. The van der Waals surface area contributed by atoms with E-state index in [0.29, 0.717) is 17.7 Å². The molecule has 6 heteroatoms. The van der Waals surface area contributed by atoms with E-state index >= 15 is 0 Å². The van der Waals surface area contributed by atoms with Crippen molar-refractivity contribution in [2.45, 2.75) is 45.1 Å². The summed E-state index contributed by atoms with van der Waals surface area (Å²) >= 11 is 0. The van der Waals surface area contributed by atoms with Gasteiger partial charge in [-0.05, 0) is 25.5 Å². The van der Waals surface area contributed by atoms with Crippen LogP contribution in [0.1, 0.15) is 49.5 Å². The number of nitrogens with zero attached hydrogens (tertiary/aromatic N) is 4. The summed E-state index contributed by atoms with van der Waals surface area (Å²) in [5.41, 5.74) is 0.503. The Labute approximate surface area is 138 Å². The zero-order chi connectivity index (χ0) is 16.1. The Morgan fingerprint density at radius 1 is 1.22 bits per heavy atom. The molecule has 1 saturated carbocycles. The second kappa shape index (κ2) is 7.73. The number of carbonyl (C=O) groups is 1. The Kier molecular flexibility index (Phi) is 5.43. The lowest BCUT2D eigenvalue weighted by atomic mass is 9.96. The van der Waals surface area contributed by atoms with E-state index in [-0.39, 0.29) is 5.91 Å². The number of likely N-dealkylation sites (N-methyl/N-ethyl adjacent to an activating group) is 1. The van der Waals surface area contributed by atoms with Crippen molar-refractivity contribution in [1.82, 2.24) is 19.8 Å². The van der Waals surface area contributed by atoms with Crippen molar-refractivity contribution in [3.63, 3.8) is 0 Å². The Balaban J connectivity index is 1.61. The van der Waals surface area contributed by atoms with Gasteiger partial charge in [0, 0.05) is 38.4 Å². The van der Waals surface area contributed by atoms with Gasteiger partial charge in [0.1, 0.15) is 5.69 Å². The van der Waals surface area contributed by atoms with Crippen LogP contribution < -0.4 is 5.32 Å². The van der Waals surface area contributed by atoms with Gasteiger partial charge in [-0.25, -0.2) is 9.97 Å². The third-order valence-electron chi connectivity index (χ3n) is 4.92. The summed E-state index contributed by atoms with van der Waals surface area (Å²) < 4.78 is 0. The first-order valence-corrected chi connectivity index (χ1v) is 8.87. The van der Waals surface area contributed by atoms with Gasteiger partial charge in [-0.15, -0.1) is 0 Å². The molecule has 2 aliphatic rings. The number of hydrogen-bond acceptors (Lipinski definition) is 5. The Hall–Kier alpha value is -1.69. The largest absolute Gasteiger partial charge is 0.351 e. The van der Waals surface area contributed by atoms with Crippen LogP contribution in [0.3, 0.4) is 0 Å². The van der Waals surface area contributed by atoms with Crippen molar-refractivity contribution in [3.05, 3.63) is 18.0 Å². The van der Waals surface area contributed by atoms with E-state index in [9.17, 15) is 4.79 Å². The van der Waals surface area contributed by atoms with Crippen LogP contribution in [0.4, 0.5) is 5.95 Å². The zero-order valence-electron chi connectivity index (χ0n) is 14.0. The molecule has 1 saturated heterocycles. The second-order valence-electron chi connectivity index (χ2n) is 6.47. The number of nitrogens with one attached hydrogen (secondary N) is 1. The molecule has 1 aliphatic carbocycles. The summed E-state index contributed by atoms with van der Waals surface area (Å²) in [7, 11) is 0. The van der Waals surface area contributed by atoms with Crippen LogP contribution in [0, 0.1) is 0 Å². The molecule has 0 spiro atoms. The van der Waals surface area contributed by atoms with Crippen LogP contribution in [0.2, 0.25) is 0 Å². The fourth-order valence-electron chi connectivity index (χ4n) is 3.41. The molecule has 1 aromatic heterocycles. The molecular weight excluding hydrogens is 290 g/mol. The SMILES string of the molecule is CCN1CCN(C(=O)c2ccnc(NC3CCCCC3)n2)CC1. The first kappa shape index (κ1) is 16.2. The number of anilines is 1. The number of amides is 1. The Bertz CT molecular complexity index is 521. The molecule has 3 rings (SSSR count). The summed E-state index contributed by atoms with van der Waals surface area (Å²) in [5, 5.41) is 3.39. The molecule has 1 aliphatic heterocycles. The van der Waals surface area contributed by atoms with Gasteiger partial charge in [-0.1, -0.05) is 26.2 Å². The van der Waals surface area contributed by atoms with Crippen LogP contribution in [0.25, 0.3) is 0 Å². The molecule has 23 heavy (non-hydrogen) atoms. The molecule has 2 heterocycles. The summed E-state index contributed by atoms with van der Waals surface area (Å²) in [4.78, 5) is 25.6. The molecular formula is C17H27N5O. The van der Waals surface area contributed by atoms with E-state index in [1.807, 2.05) is 4.90 Å². The maximum atomic E-state index is 12.6. The molecule has 0 atom stereocenters. The third-order valence-corrected chi connectivity index (χ3v) is 4.92. The standard InChI is InChI=1S/C17H27N5O/c1-2-21-10-12-22(13-11-21)16(23)15-8-9-18-17(20-15)19-14-6-4-3-5-7-14/h8-9,14H,2-7,10-13H2,1H3,(H,18,19,20). The van der Waals surface area contributed by atoms with E-state index < -0.39 is 0 Å². The average molecular weight is 317 g/mol. The van der Waals surface area contributed by atoms with Crippen molar-refractivity contribution in [3.8, 4) is 0 Å². The highest BCUT2D eigenvalue weighted by molar-refractivity contribution is 5.92. The first-order valence-electron chi connectivity index (χ1n) is 8.87. The lowest BCUT2D eigenvalue weighted by molar-refractivity contribution is 0.0637. The van der Waals surface area contributed by atoms with Gasteiger partial charge >= 0.3 is 0 Å². The highest BCUT2D eigenvalue weighted by atomic mass is 16.2. The van der Waals surface area contributed by atoms with Crippen LogP contribution in [-0.2, 0) is 0 Å². The molecule has 1 N–H and O–H groups in total. The fourth-order valence-corrected chi connectivity index (χ4v) is 3.41. The number of aromatic nitrogens is 2. The van der Waals surface area contributed by atoms with Crippen molar-refractivity contribution < 1.29 is 4.79 Å². The molecule has 1 amide bonds. The number of piperazine rings is 1. The maximum absolute atomic E-state index is 12.6. The molecule has 6 nitrogen and oxygen atoms in total. The van der Waals surface area contributed by atoms with Gasteiger partial charge in [0.05, 0.1) is 0 Å². The minimum atomic E-state index is 0.0230. The van der Waals surface area contributed by atoms with E-state index in [2.05, 4.69) is 27.1 Å². The highest BCUT2D eigenvalue weighted by Crippen LogP contribution is 2.20. The molecule has 0 radical (unpaired) electrons. The molecule has 0 aromatic carbocycles. The van der Waals surface area contributed by atoms with Crippen LogP contribution in [0.15, 0.2) is 12.3 Å². The maximum Gasteiger partial charge on any atom is 0.272 e. The zero-order valence-corrected chi connectivity index (χ0v) is 14.0. The normalized spacial score (nSPS) is 20.5. The minimum Gasteiger partial charge on any atom is -0.351 e. The third kappa shape index (κ3) is 4.19. The van der Waals surface area contributed by atoms with Crippen LogP contribution in [-0.4, -0.2) is 64.4 Å². The quantitative estimate of drug-likeness (QED) is 0.920. The van der Waals surface area contributed by atoms with Gasteiger partial charge < -0.3 is 15.1 Å². The van der Waals surface area contributed by atoms with Crippen molar-refractivity contribution in [2.24, 2.45) is 0 Å². The predicted octanol–water partition coefficient (Wildman–Crippen LogP) is 2.00. The second-order valence-corrected chi connectivity index (χ2v) is 6.47. The molecule has 2 fully saturated rings. The molecule has 0 unspecified atom stereocenters. The van der Waals surface area contributed by atoms with E-state index in [0.717, 1.165) is 32.7 Å². The van der Waals surface area contributed by atoms with E-state index in [1.54, 1.807) is 12.3 Å². The van der Waals surface area contributed by atoms with Crippen molar-refractivity contribution >= 4 is 11.9 Å². The summed E-state index contributed by atoms with van der Waals surface area (Å²) in [6.07, 6.45) is 7.87. The van der Waals surface area contributed by atoms with E-state index in [1.165, 1.54) is 32.1 Å². The first-order chi connectivity index (χ1) is 11.3. The van der Waals surface area contributed by atoms with Gasteiger partial charge in [0.15, 0.2) is 0 Å². The topological polar surface area (TPSA) is 61.4 Å². The summed E-state index contributed by atoms with van der Waals surface area (Å²) in [6.45, 7) is 6.65. The minimum absolute atomic E-state index is 0.0230. The highest BCUT2D eigenvalue weighted by Gasteiger charge is 2.23. The molecule has 1 aromatic rings. The van der Waals surface area contributed by atoms with Crippen LogP contribution in [0.5, 0.6) is 0 Å². The molecule has 126 valence electrons. The summed E-state index contributed by atoms with van der Waals surface area (Å²) in [5.74, 6) is 0.616. The average Bonchev–Trinajstić information content (AvgIpc) is 2.62. The lowest BCUT2D eigenvalue weighted by Crippen LogP contribution is -2.48. The summed E-state index contributed by atoms with van der Waals surface area (Å²) in [6, 6.07) is 2.17. The van der Waals surface area contributed by atoms with Gasteiger partial charge in [0.25, 0.3) is 5.91 Å². The van der Waals surface area contributed by atoms with Crippen LogP contribution >= 0.6 is 0 Å². The molecule has 0 bridgehead atoms. The number of carbonyl (C=O) groups excluding carboxylic acids is 1. The number of hydrogen-bond donors (Lipinski definition) is 1. The van der Waals surface area contributed by atoms with Crippen molar-refractivity contribution in [1.29, 1.82) is 0 Å². The lowest BCUT2D eigenvalue weighted by Gasteiger charge is -2.33. The Morgan fingerprint density at radius 3 is 2.65 bits per heavy atom. The van der Waals surface area contributed by atoms with Gasteiger partial charge in [0.2, 0.25) is 5.95 Å². The smallest absolute Gasteiger partial charge is 0.272 e.